The highest BCUT2D eigenvalue weighted by Gasteiger charge is 2.22. The molecule has 6 heteroatoms. The molecule has 1 saturated carbocycles. The lowest BCUT2D eigenvalue weighted by Gasteiger charge is -2.34. The minimum absolute atomic E-state index is 0.342. The number of piperazine rings is 1. The average Bonchev–Trinajstić information content (AvgIpc) is 3.32. The summed E-state index contributed by atoms with van der Waals surface area (Å²) < 4.78 is 0. The van der Waals surface area contributed by atoms with Gasteiger partial charge in [-0.05, 0) is 24.8 Å². The summed E-state index contributed by atoms with van der Waals surface area (Å²) in [5.41, 5.74) is 0. The molecule has 0 N–H and O–H groups in total. The Balaban J connectivity index is 1.41. The van der Waals surface area contributed by atoms with Crippen molar-refractivity contribution in [1.29, 1.82) is 0 Å². The van der Waals surface area contributed by atoms with E-state index in [1.165, 1.54) is 45.1 Å². The molecule has 2 heterocycles. The van der Waals surface area contributed by atoms with Crippen molar-refractivity contribution in [2.24, 2.45) is 11.8 Å². The molecule has 1 aromatic rings. The third kappa shape index (κ3) is 5.74. The smallest absolute Gasteiger partial charge is 0.208 e. The van der Waals surface area contributed by atoms with Crippen molar-refractivity contribution in [1.82, 2.24) is 15.1 Å². The van der Waals surface area contributed by atoms with Gasteiger partial charge in [0.25, 0.3) is 0 Å². The van der Waals surface area contributed by atoms with Crippen LogP contribution in [0.2, 0.25) is 0 Å². The number of rotatable bonds is 9. The van der Waals surface area contributed by atoms with Gasteiger partial charge in [-0.2, -0.15) is 0 Å². The van der Waals surface area contributed by atoms with E-state index in [9.17, 15) is 4.79 Å². The second kappa shape index (κ2) is 9.79. The first-order valence-corrected chi connectivity index (χ1v) is 11.3. The van der Waals surface area contributed by atoms with Gasteiger partial charge in [0.05, 0.1) is 6.42 Å². The van der Waals surface area contributed by atoms with E-state index in [0.717, 1.165) is 48.7 Å². The van der Waals surface area contributed by atoms with E-state index in [1.54, 1.807) is 11.3 Å². The van der Waals surface area contributed by atoms with Gasteiger partial charge < -0.3 is 4.90 Å². The number of anilines is 1. The SMILES string of the molecule is CCC(C)CCN1CCN(c2nnc(CC(=O)CC3CCCC3)s2)CC1. The molecule has 26 heavy (non-hydrogen) atoms. The first-order chi connectivity index (χ1) is 12.6. The van der Waals surface area contributed by atoms with E-state index in [1.807, 2.05) is 0 Å². The van der Waals surface area contributed by atoms with Crippen LogP contribution in [0, 0.1) is 11.8 Å². The quantitative estimate of drug-likeness (QED) is 0.654. The van der Waals surface area contributed by atoms with Gasteiger partial charge in [-0.3, -0.25) is 9.69 Å². The Morgan fingerprint density at radius 2 is 1.92 bits per heavy atom. The summed E-state index contributed by atoms with van der Waals surface area (Å²) in [6.45, 7) is 10.1. The van der Waals surface area contributed by atoms with E-state index in [2.05, 4.69) is 33.8 Å². The minimum atomic E-state index is 0.342. The summed E-state index contributed by atoms with van der Waals surface area (Å²) in [4.78, 5) is 17.2. The van der Waals surface area contributed by atoms with Crippen molar-refractivity contribution in [2.45, 2.75) is 65.2 Å². The maximum Gasteiger partial charge on any atom is 0.208 e. The second-order valence-corrected chi connectivity index (χ2v) is 9.22. The van der Waals surface area contributed by atoms with Crippen LogP contribution >= 0.6 is 11.3 Å². The zero-order valence-corrected chi connectivity index (χ0v) is 17.3. The molecular weight excluding hydrogens is 344 g/mol. The minimum Gasteiger partial charge on any atom is -0.344 e. The third-order valence-corrected chi connectivity index (χ3v) is 7.06. The van der Waals surface area contributed by atoms with E-state index in [-0.39, 0.29) is 0 Å². The van der Waals surface area contributed by atoms with Crippen LogP contribution < -0.4 is 4.90 Å². The van der Waals surface area contributed by atoms with E-state index in [0.29, 0.717) is 18.1 Å². The van der Waals surface area contributed by atoms with Crippen molar-refractivity contribution < 1.29 is 4.79 Å². The molecule has 5 nitrogen and oxygen atoms in total. The molecule has 1 aromatic heterocycles. The maximum absolute atomic E-state index is 12.3. The first-order valence-electron chi connectivity index (χ1n) is 10.5. The normalized spacial score (nSPS) is 20.6. The van der Waals surface area contributed by atoms with E-state index in [4.69, 9.17) is 0 Å². The summed E-state index contributed by atoms with van der Waals surface area (Å²) >= 11 is 1.61. The number of aromatic nitrogens is 2. The van der Waals surface area contributed by atoms with Crippen LogP contribution in [0.3, 0.4) is 0 Å². The molecule has 0 bridgehead atoms. The molecule has 1 aliphatic carbocycles. The second-order valence-electron chi connectivity index (χ2n) is 8.18. The lowest BCUT2D eigenvalue weighted by Crippen LogP contribution is -2.46. The number of carbonyl (C=O) groups excluding carboxylic acids is 1. The van der Waals surface area contributed by atoms with Crippen LogP contribution in [0.15, 0.2) is 0 Å². The fourth-order valence-electron chi connectivity index (χ4n) is 3.99. The highest BCUT2D eigenvalue weighted by Crippen LogP contribution is 2.29. The molecule has 2 aliphatic rings. The number of hydrogen-bond donors (Lipinski definition) is 0. The summed E-state index contributed by atoms with van der Waals surface area (Å²) in [5, 5.41) is 10.5. The lowest BCUT2D eigenvalue weighted by atomic mass is 10.00. The summed E-state index contributed by atoms with van der Waals surface area (Å²) in [6.07, 6.45) is 8.83. The zero-order chi connectivity index (χ0) is 18.4. The van der Waals surface area contributed by atoms with Gasteiger partial charge in [0, 0.05) is 32.6 Å². The molecule has 0 aromatic carbocycles. The molecule has 1 aliphatic heterocycles. The van der Waals surface area contributed by atoms with Crippen LogP contribution in [-0.4, -0.2) is 53.6 Å². The van der Waals surface area contributed by atoms with Gasteiger partial charge in [0.1, 0.15) is 10.8 Å². The predicted molar refractivity (Wildman–Crippen MR) is 108 cm³/mol. The van der Waals surface area contributed by atoms with Crippen LogP contribution in [0.25, 0.3) is 0 Å². The Morgan fingerprint density at radius 1 is 1.19 bits per heavy atom. The highest BCUT2D eigenvalue weighted by molar-refractivity contribution is 7.15. The van der Waals surface area contributed by atoms with Crippen LogP contribution in [0.4, 0.5) is 5.13 Å². The van der Waals surface area contributed by atoms with Gasteiger partial charge in [0.15, 0.2) is 0 Å². The average molecular weight is 379 g/mol. The largest absolute Gasteiger partial charge is 0.344 e. The van der Waals surface area contributed by atoms with E-state index >= 15 is 0 Å². The molecule has 0 amide bonds. The standard InChI is InChI=1S/C20H34N4OS/c1-3-16(2)8-9-23-10-12-24(13-11-23)20-22-21-19(26-20)15-18(25)14-17-6-4-5-7-17/h16-17H,3-15H2,1-2H3. The topological polar surface area (TPSA) is 49.3 Å². The van der Waals surface area contributed by atoms with Crippen molar-refractivity contribution in [3.8, 4) is 0 Å². The molecular formula is C20H34N4OS. The molecule has 0 radical (unpaired) electrons. The zero-order valence-electron chi connectivity index (χ0n) is 16.5. The Labute approximate surface area is 162 Å². The summed E-state index contributed by atoms with van der Waals surface area (Å²) in [6, 6.07) is 0. The van der Waals surface area contributed by atoms with Crippen LogP contribution in [0.1, 0.15) is 63.8 Å². The Morgan fingerprint density at radius 3 is 2.62 bits per heavy atom. The van der Waals surface area contributed by atoms with Gasteiger partial charge in [-0.15, -0.1) is 10.2 Å². The van der Waals surface area contributed by atoms with Gasteiger partial charge >= 0.3 is 0 Å². The van der Waals surface area contributed by atoms with Crippen molar-refractivity contribution in [3.05, 3.63) is 5.01 Å². The summed E-state index contributed by atoms with van der Waals surface area (Å²) in [7, 11) is 0. The molecule has 0 spiro atoms. The molecule has 146 valence electrons. The maximum atomic E-state index is 12.3. The molecule has 2 fully saturated rings. The Kier molecular flexibility index (Phi) is 7.43. The Hall–Kier alpha value is -1.01. The Bertz CT molecular complexity index is 562. The molecule has 1 saturated heterocycles. The summed E-state index contributed by atoms with van der Waals surface area (Å²) in [5.74, 6) is 1.79. The number of Topliss-reactive ketones (excluding diaryl/α,β-unsaturated/α-hetero) is 1. The van der Waals surface area contributed by atoms with Crippen molar-refractivity contribution in [3.63, 3.8) is 0 Å². The third-order valence-electron chi connectivity index (χ3n) is 6.07. The van der Waals surface area contributed by atoms with Crippen LogP contribution in [0.5, 0.6) is 0 Å². The number of carbonyl (C=O) groups is 1. The number of ketones is 1. The van der Waals surface area contributed by atoms with Gasteiger partial charge in [-0.25, -0.2) is 0 Å². The number of hydrogen-bond acceptors (Lipinski definition) is 6. The fourth-order valence-corrected chi connectivity index (χ4v) is 4.91. The molecule has 1 atom stereocenters. The van der Waals surface area contributed by atoms with Gasteiger partial charge in [0.2, 0.25) is 5.13 Å². The lowest BCUT2D eigenvalue weighted by molar-refractivity contribution is -0.119. The van der Waals surface area contributed by atoms with Crippen LogP contribution in [-0.2, 0) is 11.2 Å². The number of nitrogens with zero attached hydrogens (tertiary/aromatic N) is 4. The predicted octanol–water partition coefficient (Wildman–Crippen LogP) is 3.79. The monoisotopic (exact) mass is 378 g/mol. The fraction of sp³-hybridized carbons (Fsp3) is 0.850. The molecule has 1 unspecified atom stereocenters. The first kappa shape index (κ1) is 19.7. The van der Waals surface area contributed by atoms with Gasteiger partial charge in [-0.1, -0.05) is 57.3 Å². The van der Waals surface area contributed by atoms with Crippen molar-refractivity contribution >= 4 is 22.3 Å². The highest BCUT2D eigenvalue weighted by atomic mass is 32.1. The van der Waals surface area contributed by atoms with E-state index < -0.39 is 0 Å². The molecule has 3 rings (SSSR count). The van der Waals surface area contributed by atoms with Crippen molar-refractivity contribution in [2.75, 3.05) is 37.6 Å².